The SMILES string of the molecule is Fc1ccc(CN2CCC(Cc3ccccc3)CC2)cc1Br. The Morgan fingerprint density at radius 2 is 1.73 bits per heavy atom. The molecule has 0 saturated carbocycles. The highest BCUT2D eigenvalue weighted by molar-refractivity contribution is 9.10. The maximum Gasteiger partial charge on any atom is 0.137 e. The van der Waals surface area contributed by atoms with Crippen molar-refractivity contribution in [3.05, 3.63) is 69.9 Å². The van der Waals surface area contributed by atoms with E-state index in [4.69, 9.17) is 0 Å². The number of piperidine rings is 1. The first-order valence-electron chi connectivity index (χ1n) is 7.91. The minimum absolute atomic E-state index is 0.190. The molecule has 3 rings (SSSR count). The van der Waals surface area contributed by atoms with Crippen molar-refractivity contribution in [3.63, 3.8) is 0 Å². The zero-order chi connectivity index (χ0) is 15.4. The molecule has 22 heavy (non-hydrogen) atoms. The largest absolute Gasteiger partial charge is 0.299 e. The summed E-state index contributed by atoms with van der Waals surface area (Å²) >= 11 is 3.26. The zero-order valence-electron chi connectivity index (χ0n) is 12.6. The Bertz CT molecular complexity index is 606. The summed E-state index contributed by atoms with van der Waals surface area (Å²) in [6.45, 7) is 3.18. The summed E-state index contributed by atoms with van der Waals surface area (Å²) in [6, 6.07) is 16.1. The van der Waals surface area contributed by atoms with Crippen molar-refractivity contribution in [2.75, 3.05) is 13.1 Å². The lowest BCUT2D eigenvalue weighted by atomic mass is 9.90. The standard InChI is InChI=1S/C19H21BrFN/c20-18-13-17(6-7-19(18)21)14-22-10-8-16(9-11-22)12-15-4-2-1-3-5-15/h1-7,13,16H,8-12,14H2. The van der Waals surface area contributed by atoms with Crippen LogP contribution in [-0.4, -0.2) is 18.0 Å². The highest BCUT2D eigenvalue weighted by atomic mass is 79.9. The van der Waals surface area contributed by atoms with Gasteiger partial charge >= 0.3 is 0 Å². The third-order valence-corrected chi connectivity index (χ3v) is 5.07. The van der Waals surface area contributed by atoms with E-state index in [9.17, 15) is 4.39 Å². The molecule has 1 aliphatic rings. The van der Waals surface area contributed by atoms with Gasteiger partial charge < -0.3 is 0 Å². The van der Waals surface area contributed by atoms with Crippen LogP contribution in [0.1, 0.15) is 24.0 Å². The summed E-state index contributed by atoms with van der Waals surface area (Å²) in [5.41, 5.74) is 2.62. The highest BCUT2D eigenvalue weighted by Crippen LogP contribution is 2.24. The van der Waals surface area contributed by atoms with Gasteiger partial charge in [0.1, 0.15) is 5.82 Å². The van der Waals surface area contributed by atoms with Crippen molar-refractivity contribution in [1.82, 2.24) is 4.90 Å². The molecular weight excluding hydrogens is 341 g/mol. The van der Waals surface area contributed by atoms with E-state index >= 15 is 0 Å². The molecule has 0 atom stereocenters. The van der Waals surface area contributed by atoms with Gasteiger partial charge in [-0.1, -0.05) is 36.4 Å². The van der Waals surface area contributed by atoms with Crippen LogP contribution in [0.15, 0.2) is 53.0 Å². The van der Waals surface area contributed by atoms with Gasteiger partial charge in [-0.3, -0.25) is 4.90 Å². The molecule has 1 saturated heterocycles. The predicted octanol–water partition coefficient (Wildman–Crippen LogP) is 5.04. The van der Waals surface area contributed by atoms with E-state index in [1.807, 2.05) is 12.1 Å². The van der Waals surface area contributed by atoms with Crippen LogP contribution in [-0.2, 0) is 13.0 Å². The van der Waals surface area contributed by atoms with Crippen LogP contribution in [0.4, 0.5) is 4.39 Å². The molecule has 2 aromatic carbocycles. The Morgan fingerprint density at radius 1 is 1.00 bits per heavy atom. The van der Waals surface area contributed by atoms with Crippen molar-refractivity contribution in [1.29, 1.82) is 0 Å². The monoisotopic (exact) mass is 361 g/mol. The fourth-order valence-corrected chi connectivity index (χ4v) is 3.62. The fourth-order valence-electron chi connectivity index (χ4n) is 3.19. The Hall–Kier alpha value is -1.19. The van der Waals surface area contributed by atoms with E-state index in [2.05, 4.69) is 51.2 Å². The van der Waals surface area contributed by atoms with Crippen LogP contribution >= 0.6 is 15.9 Å². The van der Waals surface area contributed by atoms with Crippen LogP contribution in [0.2, 0.25) is 0 Å². The molecular formula is C19H21BrFN. The topological polar surface area (TPSA) is 3.24 Å². The normalized spacial score (nSPS) is 16.8. The van der Waals surface area contributed by atoms with Crippen LogP contribution in [0.3, 0.4) is 0 Å². The summed E-state index contributed by atoms with van der Waals surface area (Å²) in [4.78, 5) is 2.47. The number of hydrogen-bond donors (Lipinski definition) is 0. The molecule has 0 N–H and O–H groups in total. The molecule has 2 aromatic rings. The van der Waals surface area contributed by atoms with E-state index in [-0.39, 0.29) is 5.82 Å². The van der Waals surface area contributed by atoms with E-state index in [0.29, 0.717) is 4.47 Å². The van der Waals surface area contributed by atoms with E-state index in [1.54, 1.807) is 6.07 Å². The second-order valence-corrected chi connectivity index (χ2v) is 7.01. The Balaban J connectivity index is 1.50. The van der Waals surface area contributed by atoms with Crippen LogP contribution in [0.25, 0.3) is 0 Å². The quantitative estimate of drug-likeness (QED) is 0.736. The van der Waals surface area contributed by atoms with Gasteiger partial charge in [-0.2, -0.15) is 0 Å². The number of halogens is 2. The minimum Gasteiger partial charge on any atom is -0.299 e. The minimum atomic E-state index is -0.190. The molecule has 0 aliphatic carbocycles. The molecule has 3 heteroatoms. The van der Waals surface area contributed by atoms with E-state index in [1.165, 1.54) is 30.4 Å². The van der Waals surface area contributed by atoms with E-state index in [0.717, 1.165) is 25.6 Å². The van der Waals surface area contributed by atoms with Crippen LogP contribution in [0.5, 0.6) is 0 Å². The lowest BCUT2D eigenvalue weighted by molar-refractivity contribution is 0.177. The molecule has 116 valence electrons. The second kappa shape index (κ2) is 7.38. The maximum absolute atomic E-state index is 13.3. The Labute approximate surface area is 140 Å². The number of benzene rings is 2. The first-order valence-corrected chi connectivity index (χ1v) is 8.70. The van der Waals surface area contributed by atoms with Crippen molar-refractivity contribution >= 4 is 15.9 Å². The van der Waals surface area contributed by atoms with Gasteiger partial charge in [0.2, 0.25) is 0 Å². The summed E-state index contributed by atoms with van der Waals surface area (Å²) in [6.07, 6.45) is 3.69. The van der Waals surface area contributed by atoms with Gasteiger partial charge in [0.15, 0.2) is 0 Å². The molecule has 1 nitrogen and oxygen atoms in total. The van der Waals surface area contributed by atoms with Crippen molar-refractivity contribution in [3.8, 4) is 0 Å². The molecule has 1 heterocycles. The lowest BCUT2D eigenvalue weighted by Crippen LogP contribution is -2.33. The van der Waals surface area contributed by atoms with E-state index < -0.39 is 0 Å². The smallest absolute Gasteiger partial charge is 0.137 e. The third kappa shape index (κ3) is 4.17. The Morgan fingerprint density at radius 3 is 2.41 bits per heavy atom. The molecule has 0 spiro atoms. The summed E-state index contributed by atoms with van der Waals surface area (Å²) in [5, 5.41) is 0. The van der Waals surface area contributed by atoms with Gasteiger partial charge in [-0.05, 0) is 77.5 Å². The predicted molar refractivity (Wildman–Crippen MR) is 92.2 cm³/mol. The first kappa shape index (κ1) is 15.7. The molecule has 0 bridgehead atoms. The van der Waals surface area contributed by atoms with Gasteiger partial charge in [-0.15, -0.1) is 0 Å². The molecule has 1 aliphatic heterocycles. The number of hydrogen-bond acceptors (Lipinski definition) is 1. The average molecular weight is 362 g/mol. The van der Waals surface area contributed by atoms with Crippen molar-refractivity contribution in [2.45, 2.75) is 25.8 Å². The Kier molecular flexibility index (Phi) is 5.27. The fraction of sp³-hybridized carbons (Fsp3) is 0.368. The molecule has 0 aromatic heterocycles. The highest BCUT2D eigenvalue weighted by Gasteiger charge is 2.19. The van der Waals surface area contributed by atoms with Gasteiger partial charge in [-0.25, -0.2) is 4.39 Å². The molecule has 0 radical (unpaired) electrons. The summed E-state index contributed by atoms with van der Waals surface area (Å²) in [7, 11) is 0. The molecule has 0 unspecified atom stereocenters. The molecule has 0 amide bonds. The molecule has 1 fully saturated rings. The number of nitrogens with zero attached hydrogens (tertiary/aromatic N) is 1. The van der Waals surface area contributed by atoms with Crippen molar-refractivity contribution in [2.24, 2.45) is 5.92 Å². The van der Waals surface area contributed by atoms with Crippen LogP contribution < -0.4 is 0 Å². The average Bonchev–Trinajstić information content (AvgIpc) is 2.54. The second-order valence-electron chi connectivity index (χ2n) is 6.16. The van der Waals surface area contributed by atoms with Gasteiger partial charge in [0.05, 0.1) is 4.47 Å². The van der Waals surface area contributed by atoms with Gasteiger partial charge in [0.25, 0.3) is 0 Å². The van der Waals surface area contributed by atoms with Crippen LogP contribution in [0, 0.1) is 11.7 Å². The summed E-state index contributed by atoms with van der Waals surface area (Å²) < 4.78 is 13.8. The third-order valence-electron chi connectivity index (χ3n) is 4.46. The number of likely N-dealkylation sites (tertiary alicyclic amines) is 1. The maximum atomic E-state index is 13.3. The zero-order valence-corrected chi connectivity index (χ0v) is 14.2. The lowest BCUT2D eigenvalue weighted by Gasteiger charge is -2.32. The van der Waals surface area contributed by atoms with Crippen molar-refractivity contribution < 1.29 is 4.39 Å². The van der Waals surface area contributed by atoms with Gasteiger partial charge in [0, 0.05) is 6.54 Å². The summed E-state index contributed by atoms with van der Waals surface area (Å²) in [5.74, 6) is 0.601. The number of rotatable bonds is 4. The first-order chi connectivity index (χ1) is 10.7.